The molecule has 0 unspecified atom stereocenters. The standard InChI is InChI=1S/C21H27N3O3S/c1-17-6-8-19(9-7-17)21(25)22-10-15-28(26,27)24-13-11-23(12-14-24)20-5-3-4-18(2)16-20/h3-9,16H,10-15H2,1-2H3,(H,22,25). The van der Waals surface area contributed by atoms with Crippen LogP contribution in [0.1, 0.15) is 21.5 Å². The Balaban J connectivity index is 1.49. The van der Waals surface area contributed by atoms with Crippen molar-refractivity contribution in [3.8, 4) is 0 Å². The zero-order valence-electron chi connectivity index (χ0n) is 16.4. The van der Waals surface area contributed by atoms with Gasteiger partial charge in [0.25, 0.3) is 5.91 Å². The number of carbonyl (C=O) groups excluding carboxylic acids is 1. The molecular formula is C21H27N3O3S. The molecule has 0 atom stereocenters. The van der Waals surface area contributed by atoms with E-state index in [1.54, 1.807) is 12.1 Å². The topological polar surface area (TPSA) is 69.7 Å². The lowest BCUT2D eigenvalue weighted by Crippen LogP contribution is -2.50. The number of amides is 1. The van der Waals surface area contributed by atoms with Gasteiger partial charge in [-0.3, -0.25) is 4.79 Å². The van der Waals surface area contributed by atoms with Gasteiger partial charge in [-0.2, -0.15) is 4.31 Å². The van der Waals surface area contributed by atoms with Crippen molar-refractivity contribution in [3.05, 3.63) is 65.2 Å². The van der Waals surface area contributed by atoms with Crippen LogP contribution < -0.4 is 10.2 Å². The van der Waals surface area contributed by atoms with Crippen molar-refractivity contribution in [3.63, 3.8) is 0 Å². The fourth-order valence-electron chi connectivity index (χ4n) is 3.28. The first-order chi connectivity index (χ1) is 13.3. The Morgan fingerprint density at radius 2 is 1.64 bits per heavy atom. The van der Waals surface area contributed by atoms with Crippen molar-refractivity contribution in [2.45, 2.75) is 13.8 Å². The van der Waals surface area contributed by atoms with E-state index in [0.29, 0.717) is 31.7 Å². The molecule has 0 saturated carbocycles. The zero-order chi connectivity index (χ0) is 20.1. The van der Waals surface area contributed by atoms with E-state index >= 15 is 0 Å². The number of piperazine rings is 1. The molecule has 1 aliphatic heterocycles. The van der Waals surface area contributed by atoms with Crippen LogP contribution in [-0.4, -0.2) is 57.1 Å². The van der Waals surface area contributed by atoms with Crippen LogP contribution in [0.4, 0.5) is 5.69 Å². The normalized spacial score (nSPS) is 15.4. The Morgan fingerprint density at radius 1 is 0.964 bits per heavy atom. The van der Waals surface area contributed by atoms with Gasteiger partial charge in [0.2, 0.25) is 10.0 Å². The molecule has 2 aromatic carbocycles. The number of nitrogens with zero attached hydrogens (tertiary/aromatic N) is 2. The van der Waals surface area contributed by atoms with Crippen molar-refractivity contribution in [1.82, 2.24) is 9.62 Å². The lowest BCUT2D eigenvalue weighted by molar-refractivity contribution is 0.0956. The van der Waals surface area contributed by atoms with Crippen LogP contribution in [0.3, 0.4) is 0 Å². The average Bonchev–Trinajstić information content (AvgIpc) is 2.68. The van der Waals surface area contributed by atoms with Crippen LogP contribution in [-0.2, 0) is 10.0 Å². The summed E-state index contributed by atoms with van der Waals surface area (Å²) in [4.78, 5) is 14.3. The third-order valence-electron chi connectivity index (χ3n) is 4.96. The van der Waals surface area contributed by atoms with E-state index in [2.05, 4.69) is 35.3 Å². The van der Waals surface area contributed by atoms with Gasteiger partial charge in [-0.25, -0.2) is 8.42 Å². The first-order valence-electron chi connectivity index (χ1n) is 9.49. The lowest BCUT2D eigenvalue weighted by Gasteiger charge is -2.35. The summed E-state index contributed by atoms with van der Waals surface area (Å²) < 4.78 is 26.7. The summed E-state index contributed by atoms with van der Waals surface area (Å²) in [5.41, 5.74) is 3.93. The van der Waals surface area contributed by atoms with Crippen LogP contribution in [0.15, 0.2) is 48.5 Å². The average molecular weight is 402 g/mol. The third-order valence-corrected chi connectivity index (χ3v) is 6.83. The van der Waals surface area contributed by atoms with Gasteiger partial charge in [0.15, 0.2) is 0 Å². The summed E-state index contributed by atoms with van der Waals surface area (Å²) >= 11 is 0. The number of hydrogen-bond acceptors (Lipinski definition) is 4. The van der Waals surface area contributed by atoms with Gasteiger partial charge >= 0.3 is 0 Å². The van der Waals surface area contributed by atoms with Crippen molar-refractivity contribution in [2.75, 3.05) is 43.4 Å². The largest absolute Gasteiger partial charge is 0.369 e. The second kappa shape index (κ2) is 8.75. The van der Waals surface area contributed by atoms with Crippen LogP contribution in [0, 0.1) is 13.8 Å². The van der Waals surface area contributed by atoms with Crippen molar-refractivity contribution in [2.24, 2.45) is 0 Å². The fraction of sp³-hybridized carbons (Fsp3) is 0.381. The maximum absolute atomic E-state index is 12.6. The summed E-state index contributed by atoms with van der Waals surface area (Å²) in [6.07, 6.45) is 0. The van der Waals surface area contributed by atoms with E-state index < -0.39 is 10.0 Å². The molecule has 0 radical (unpaired) electrons. The summed E-state index contributed by atoms with van der Waals surface area (Å²) in [7, 11) is -3.39. The first kappa shape index (κ1) is 20.4. The number of sulfonamides is 1. The summed E-state index contributed by atoms with van der Waals surface area (Å²) in [6, 6.07) is 15.4. The fourth-order valence-corrected chi connectivity index (χ4v) is 4.62. The minimum Gasteiger partial charge on any atom is -0.369 e. The molecule has 28 heavy (non-hydrogen) atoms. The molecular weight excluding hydrogens is 374 g/mol. The van der Waals surface area contributed by atoms with Gasteiger partial charge in [0, 0.05) is 44.0 Å². The minimum absolute atomic E-state index is 0.0882. The molecule has 1 saturated heterocycles. The van der Waals surface area contributed by atoms with Crippen LogP contribution in [0.5, 0.6) is 0 Å². The van der Waals surface area contributed by atoms with Gasteiger partial charge in [-0.05, 0) is 43.7 Å². The monoisotopic (exact) mass is 401 g/mol. The number of aryl methyl sites for hydroxylation is 2. The van der Waals surface area contributed by atoms with Crippen LogP contribution >= 0.6 is 0 Å². The lowest BCUT2D eigenvalue weighted by atomic mass is 10.1. The van der Waals surface area contributed by atoms with Crippen LogP contribution in [0.25, 0.3) is 0 Å². The van der Waals surface area contributed by atoms with E-state index in [4.69, 9.17) is 0 Å². The van der Waals surface area contributed by atoms with Gasteiger partial charge in [0.05, 0.1) is 5.75 Å². The zero-order valence-corrected chi connectivity index (χ0v) is 17.2. The van der Waals surface area contributed by atoms with E-state index in [9.17, 15) is 13.2 Å². The number of anilines is 1. The predicted molar refractivity (Wildman–Crippen MR) is 112 cm³/mol. The predicted octanol–water partition coefficient (Wildman–Crippen LogP) is 2.19. The molecule has 0 aliphatic carbocycles. The summed E-state index contributed by atoms with van der Waals surface area (Å²) in [5.74, 6) is -0.339. The minimum atomic E-state index is -3.39. The van der Waals surface area contributed by atoms with E-state index in [-0.39, 0.29) is 18.2 Å². The second-order valence-corrected chi connectivity index (χ2v) is 9.25. The number of carbonyl (C=O) groups is 1. The Bertz CT molecular complexity index is 918. The second-order valence-electron chi connectivity index (χ2n) is 7.16. The van der Waals surface area contributed by atoms with E-state index in [1.807, 2.05) is 25.1 Å². The molecule has 0 spiro atoms. The van der Waals surface area contributed by atoms with Crippen molar-refractivity contribution < 1.29 is 13.2 Å². The molecule has 1 amide bonds. The molecule has 150 valence electrons. The number of nitrogens with one attached hydrogen (secondary N) is 1. The molecule has 1 heterocycles. The van der Waals surface area contributed by atoms with Crippen molar-refractivity contribution in [1.29, 1.82) is 0 Å². The van der Waals surface area contributed by atoms with Gasteiger partial charge in [-0.1, -0.05) is 29.8 Å². The highest BCUT2D eigenvalue weighted by Gasteiger charge is 2.26. The summed E-state index contributed by atoms with van der Waals surface area (Å²) in [5, 5.41) is 2.70. The molecule has 7 heteroatoms. The highest BCUT2D eigenvalue weighted by Crippen LogP contribution is 2.19. The molecule has 1 aliphatic rings. The summed E-state index contributed by atoms with van der Waals surface area (Å²) in [6.45, 7) is 6.36. The van der Waals surface area contributed by atoms with Crippen LogP contribution in [0.2, 0.25) is 0 Å². The highest BCUT2D eigenvalue weighted by atomic mass is 32.2. The molecule has 1 fully saturated rings. The Kier molecular flexibility index (Phi) is 6.36. The molecule has 1 N–H and O–H groups in total. The maximum Gasteiger partial charge on any atom is 0.251 e. The van der Waals surface area contributed by atoms with E-state index in [0.717, 1.165) is 11.3 Å². The number of rotatable bonds is 6. The molecule has 6 nitrogen and oxygen atoms in total. The van der Waals surface area contributed by atoms with E-state index in [1.165, 1.54) is 9.87 Å². The molecule has 0 bridgehead atoms. The quantitative estimate of drug-likeness (QED) is 0.806. The van der Waals surface area contributed by atoms with Gasteiger partial charge in [-0.15, -0.1) is 0 Å². The molecule has 2 aromatic rings. The molecule has 0 aromatic heterocycles. The third kappa shape index (κ3) is 5.11. The van der Waals surface area contributed by atoms with Crippen molar-refractivity contribution >= 4 is 21.6 Å². The maximum atomic E-state index is 12.6. The number of benzene rings is 2. The highest BCUT2D eigenvalue weighted by molar-refractivity contribution is 7.89. The smallest absolute Gasteiger partial charge is 0.251 e. The Morgan fingerprint density at radius 3 is 2.29 bits per heavy atom. The Hall–Kier alpha value is -2.38. The molecule has 3 rings (SSSR count). The first-order valence-corrected chi connectivity index (χ1v) is 11.1. The van der Waals surface area contributed by atoms with Gasteiger partial charge < -0.3 is 10.2 Å². The Labute approximate surface area is 167 Å². The van der Waals surface area contributed by atoms with Gasteiger partial charge in [0.1, 0.15) is 0 Å². The SMILES string of the molecule is Cc1ccc(C(=O)NCCS(=O)(=O)N2CCN(c3cccc(C)c3)CC2)cc1. The number of hydrogen-bond donors (Lipinski definition) is 1.